The van der Waals surface area contributed by atoms with Crippen LogP contribution in [-0.2, 0) is 53.7 Å². The van der Waals surface area contributed by atoms with Crippen molar-refractivity contribution >= 4 is 45.2 Å². The first-order valence-corrected chi connectivity index (χ1v) is 23.9. The first kappa shape index (κ1) is 55.2. The van der Waals surface area contributed by atoms with Crippen molar-refractivity contribution in [3.8, 4) is 5.75 Å². The van der Waals surface area contributed by atoms with Crippen LogP contribution in [0.3, 0.4) is 0 Å². The molecule has 1 aromatic carbocycles. The van der Waals surface area contributed by atoms with Gasteiger partial charge < -0.3 is 44.2 Å². The van der Waals surface area contributed by atoms with Crippen LogP contribution in [0.1, 0.15) is 127 Å². The van der Waals surface area contributed by atoms with Crippen LogP contribution >= 0.6 is 11.6 Å². The normalized spacial score (nSPS) is 11.6. The van der Waals surface area contributed by atoms with Crippen LogP contribution in [0.2, 0.25) is 5.02 Å². The van der Waals surface area contributed by atoms with Gasteiger partial charge in [0.1, 0.15) is 36.1 Å². The molecule has 0 spiro atoms. The molecule has 0 radical (unpaired) electrons. The van der Waals surface area contributed by atoms with Crippen LogP contribution in [0, 0.1) is 0 Å². The van der Waals surface area contributed by atoms with Gasteiger partial charge in [-0.3, -0.25) is 14.4 Å². The quantitative estimate of drug-likeness (QED) is 0.0500. The van der Waals surface area contributed by atoms with Gasteiger partial charge in [0.15, 0.2) is 9.84 Å². The molecule has 0 aliphatic rings. The fourth-order valence-electron chi connectivity index (χ4n) is 5.90. The Morgan fingerprint density at radius 1 is 0.683 bits per heavy atom. The largest absolute Gasteiger partial charge is 0.492 e. The lowest BCUT2D eigenvalue weighted by molar-refractivity contribution is -0.155. The molecule has 2 rings (SSSR count). The van der Waals surface area contributed by atoms with Crippen molar-refractivity contribution in [2.45, 2.75) is 127 Å². The van der Waals surface area contributed by atoms with Crippen molar-refractivity contribution in [1.82, 2.24) is 20.6 Å². The van der Waals surface area contributed by atoms with Gasteiger partial charge >= 0.3 is 11.9 Å². The minimum Gasteiger partial charge on any atom is -0.492 e. The molecule has 0 atom stereocenters. The Labute approximate surface area is 377 Å². The second-order valence-corrected chi connectivity index (χ2v) is 18.2. The molecular weight excluding hydrogens is 860 g/mol. The Morgan fingerprint density at radius 3 is 1.76 bits per heavy atom. The van der Waals surface area contributed by atoms with Gasteiger partial charge in [-0.05, 0) is 51.8 Å². The lowest BCUT2D eigenvalue weighted by atomic mass is 10.0. The Bertz CT molecular complexity index is 1730. The van der Waals surface area contributed by atoms with E-state index in [2.05, 4.69) is 20.6 Å². The Hall–Kier alpha value is -3.94. The fourth-order valence-corrected chi connectivity index (χ4v) is 7.43. The van der Waals surface area contributed by atoms with Crippen LogP contribution < -0.4 is 15.4 Å². The van der Waals surface area contributed by atoms with Gasteiger partial charge in [0, 0.05) is 31.9 Å². The summed E-state index contributed by atoms with van der Waals surface area (Å²) in [5.74, 6) is -1.99. The number of rotatable bonds is 37. The van der Waals surface area contributed by atoms with Crippen molar-refractivity contribution in [2.24, 2.45) is 0 Å². The van der Waals surface area contributed by atoms with Crippen molar-refractivity contribution in [3.63, 3.8) is 0 Å². The number of unbranched alkanes of at least 4 members (excludes halogenated alkanes) is 12. The van der Waals surface area contributed by atoms with Gasteiger partial charge in [-0.25, -0.2) is 23.2 Å². The maximum absolute atomic E-state index is 13.1. The third-order valence-electron chi connectivity index (χ3n) is 9.06. The maximum atomic E-state index is 13.1. The lowest BCUT2D eigenvalue weighted by Gasteiger charge is -2.19. The minimum absolute atomic E-state index is 0.00953. The number of nitrogens with one attached hydrogen (secondary N) is 2. The van der Waals surface area contributed by atoms with E-state index >= 15 is 0 Å². The molecule has 0 saturated carbocycles. The Morgan fingerprint density at radius 2 is 1.21 bits per heavy atom. The molecule has 356 valence electrons. The van der Waals surface area contributed by atoms with Gasteiger partial charge in [0.2, 0.25) is 5.91 Å². The molecule has 0 bridgehead atoms. The first-order valence-electron chi connectivity index (χ1n) is 21.9. The molecule has 1 heterocycles. The van der Waals surface area contributed by atoms with E-state index in [9.17, 15) is 27.6 Å². The topological polar surface area (TPSA) is 228 Å². The second kappa shape index (κ2) is 32.7. The number of benzene rings is 1. The van der Waals surface area contributed by atoms with Crippen LogP contribution in [0.4, 0.5) is 0 Å². The van der Waals surface area contributed by atoms with Crippen molar-refractivity contribution in [1.29, 1.82) is 0 Å². The third kappa shape index (κ3) is 28.5. The maximum Gasteiger partial charge on any atom is 0.329 e. The summed E-state index contributed by atoms with van der Waals surface area (Å²) >= 11 is 6.40. The molecule has 0 saturated heterocycles. The average Bonchev–Trinajstić information content (AvgIpc) is 3.22. The van der Waals surface area contributed by atoms with Crippen molar-refractivity contribution < 1.29 is 61.1 Å². The number of hydrogen-bond acceptors (Lipinski definition) is 14. The number of sulfone groups is 1. The Balaban J connectivity index is 1.50. The highest BCUT2D eigenvalue weighted by Crippen LogP contribution is 2.29. The number of carbonyl (C=O) groups excluding carboxylic acids is 3. The van der Waals surface area contributed by atoms with Gasteiger partial charge in [-0.1, -0.05) is 82.2 Å². The van der Waals surface area contributed by atoms with Crippen LogP contribution in [-0.4, -0.2) is 125 Å². The summed E-state index contributed by atoms with van der Waals surface area (Å²) in [4.78, 5) is 54.5. The van der Waals surface area contributed by atoms with E-state index in [1.807, 2.05) is 20.8 Å². The van der Waals surface area contributed by atoms with Gasteiger partial charge in [-0.2, -0.15) is 0 Å². The number of aromatic nitrogens is 2. The van der Waals surface area contributed by atoms with E-state index in [1.165, 1.54) is 75.9 Å². The number of ether oxygens (including phenoxy) is 6. The molecule has 63 heavy (non-hydrogen) atoms. The van der Waals surface area contributed by atoms with Crippen molar-refractivity contribution in [2.75, 3.05) is 72.6 Å². The summed E-state index contributed by atoms with van der Waals surface area (Å²) < 4.78 is 58.1. The zero-order valence-corrected chi connectivity index (χ0v) is 38.9. The Kier molecular flexibility index (Phi) is 28.6. The summed E-state index contributed by atoms with van der Waals surface area (Å²) in [6.45, 7) is 7.19. The van der Waals surface area contributed by atoms with Crippen LogP contribution in [0.5, 0.6) is 5.75 Å². The molecular formula is C44H69ClN4O13S. The van der Waals surface area contributed by atoms with E-state index in [0.717, 1.165) is 32.1 Å². The predicted octanol–water partition coefficient (Wildman–Crippen LogP) is 6.28. The average molecular weight is 930 g/mol. The monoisotopic (exact) mass is 928 g/mol. The molecule has 1 aromatic heterocycles. The van der Waals surface area contributed by atoms with E-state index < -0.39 is 39.7 Å². The molecule has 3 N–H and O–H groups in total. The molecule has 0 aliphatic carbocycles. The molecule has 2 aromatic rings. The summed E-state index contributed by atoms with van der Waals surface area (Å²) in [6.07, 6.45) is 17.9. The highest BCUT2D eigenvalue weighted by Gasteiger charge is 2.20. The number of nitrogens with zero attached hydrogens (tertiary/aromatic N) is 2. The van der Waals surface area contributed by atoms with E-state index in [4.69, 9.17) is 45.1 Å². The highest BCUT2D eigenvalue weighted by atomic mass is 35.5. The van der Waals surface area contributed by atoms with E-state index in [-0.39, 0.29) is 92.5 Å². The number of carbonyl (C=O) groups is 4. The fraction of sp³-hybridized carbons (Fsp3) is 0.682. The van der Waals surface area contributed by atoms with Gasteiger partial charge in [0.25, 0.3) is 5.91 Å². The van der Waals surface area contributed by atoms with Crippen LogP contribution in [0.25, 0.3) is 0 Å². The third-order valence-corrected chi connectivity index (χ3v) is 11.0. The lowest BCUT2D eigenvalue weighted by Crippen LogP contribution is -2.31. The standard InChI is InChI=1S/C44H69ClN4O13S/c1-44(2,3)62-42(53)17-15-13-11-9-7-5-4-6-8-10-12-14-16-22-61-38-19-18-36(29-37(38)45)63(55,56)34-39-48-30-35(31-49-39)43(54)47-21-24-58-25-27-59-32-40(50)46-20-23-57-26-28-60-33-41(51)52/h18-19,29-31H,4-17,20-28,32-34H2,1-3H3,(H,46,50)(H,47,54)(H,51,52). The number of esters is 1. The molecule has 19 heteroatoms. The summed E-state index contributed by atoms with van der Waals surface area (Å²) in [5.41, 5.74) is -0.260. The molecule has 0 fully saturated rings. The summed E-state index contributed by atoms with van der Waals surface area (Å²) in [7, 11) is -3.84. The van der Waals surface area contributed by atoms with E-state index in [1.54, 1.807) is 6.07 Å². The smallest absolute Gasteiger partial charge is 0.329 e. The summed E-state index contributed by atoms with van der Waals surface area (Å²) in [5, 5.41) is 13.9. The SMILES string of the molecule is CC(C)(C)OC(=O)CCCCCCCCCCCCCCCOc1ccc(S(=O)(=O)Cc2ncc(C(=O)NCCOCCOCC(=O)NCCOCCOCC(=O)O)cn2)cc1Cl. The minimum atomic E-state index is -3.84. The number of carboxylic acid groups (broad SMARTS) is 1. The second-order valence-electron chi connectivity index (χ2n) is 15.8. The summed E-state index contributed by atoms with van der Waals surface area (Å²) in [6, 6.07) is 4.36. The predicted molar refractivity (Wildman–Crippen MR) is 237 cm³/mol. The highest BCUT2D eigenvalue weighted by molar-refractivity contribution is 7.90. The zero-order chi connectivity index (χ0) is 46.2. The number of amides is 2. The molecule has 0 unspecified atom stereocenters. The van der Waals surface area contributed by atoms with Crippen molar-refractivity contribution in [3.05, 3.63) is 47.0 Å². The molecule has 2 amide bonds. The van der Waals surface area contributed by atoms with Gasteiger partial charge in [-0.15, -0.1) is 0 Å². The number of aliphatic carboxylic acids is 1. The van der Waals surface area contributed by atoms with Crippen LogP contribution in [0.15, 0.2) is 35.5 Å². The van der Waals surface area contributed by atoms with Gasteiger partial charge in [0.05, 0.1) is 61.7 Å². The van der Waals surface area contributed by atoms with E-state index in [0.29, 0.717) is 18.8 Å². The molecule has 17 nitrogen and oxygen atoms in total. The first-order chi connectivity index (χ1) is 30.2. The molecule has 0 aliphatic heterocycles. The zero-order valence-electron chi connectivity index (χ0n) is 37.3. The number of halogens is 1. The number of hydrogen-bond donors (Lipinski definition) is 3. The number of carboxylic acids is 1.